The van der Waals surface area contributed by atoms with Crippen LogP contribution in [-0.4, -0.2) is 86.5 Å². The van der Waals surface area contributed by atoms with Gasteiger partial charge in [0.05, 0.1) is 13.2 Å². The second-order valence-corrected chi connectivity index (χ2v) is 17.4. The summed E-state index contributed by atoms with van der Waals surface area (Å²) >= 11 is 0. The molecule has 0 aromatic carbocycles. The number of rotatable bonds is 39. The Morgan fingerprint density at radius 3 is 1.53 bits per heavy atom. The van der Waals surface area contributed by atoms with E-state index in [0.29, 0.717) is 32.0 Å². The van der Waals surface area contributed by atoms with E-state index in [1.54, 1.807) is 0 Å². The minimum atomic E-state index is -0.910. The van der Waals surface area contributed by atoms with Crippen LogP contribution >= 0.6 is 0 Å². The molecule has 8 heteroatoms. The van der Waals surface area contributed by atoms with Crippen molar-refractivity contribution in [3.05, 3.63) is 0 Å². The Balaban J connectivity index is 2.72. The quantitative estimate of drug-likeness (QED) is 0.0607. The third kappa shape index (κ3) is 24.0. The summed E-state index contributed by atoms with van der Waals surface area (Å²) in [7, 11) is 4.10. The zero-order chi connectivity index (χ0) is 40.4. The molecule has 0 saturated carbocycles. The summed E-state index contributed by atoms with van der Waals surface area (Å²) in [5.41, 5.74) is -0.910. The van der Waals surface area contributed by atoms with Crippen LogP contribution < -0.4 is 10.6 Å². The third-order valence-electron chi connectivity index (χ3n) is 11.9. The van der Waals surface area contributed by atoms with E-state index in [0.717, 1.165) is 70.8 Å². The summed E-state index contributed by atoms with van der Waals surface area (Å²) in [5.74, 6) is 0.845. The fourth-order valence-electron chi connectivity index (χ4n) is 8.11. The number of nitrogens with one attached hydrogen (secondary N) is 2. The van der Waals surface area contributed by atoms with E-state index in [4.69, 9.17) is 4.74 Å². The average molecular weight is 777 g/mol. The highest BCUT2D eigenvalue weighted by Gasteiger charge is 2.52. The molecule has 55 heavy (non-hydrogen) atoms. The van der Waals surface area contributed by atoms with Crippen molar-refractivity contribution in [2.24, 2.45) is 11.8 Å². The molecule has 0 spiro atoms. The van der Waals surface area contributed by atoms with Crippen LogP contribution in [0.4, 0.5) is 0 Å². The number of hydrogen-bond acceptors (Lipinski definition) is 5. The largest absolute Gasteiger partial charge is 0.375 e. The Kier molecular flexibility index (Phi) is 32.1. The van der Waals surface area contributed by atoms with E-state index < -0.39 is 5.54 Å². The topological polar surface area (TPSA) is 91.0 Å². The molecule has 3 amide bonds. The van der Waals surface area contributed by atoms with Crippen LogP contribution in [0, 0.1) is 11.8 Å². The first-order valence-electron chi connectivity index (χ1n) is 23.8. The molecular formula is C47H92N4O4. The number of ether oxygens (including phenoxy) is 1. The van der Waals surface area contributed by atoms with Crippen LogP contribution in [0.15, 0.2) is 0 Å². The molecule has 324 valence electrons. The zero-order valence-corrected chi connectivity index (χ0v) is 37.4. The first-order valence-corrected chi connectivity index (χ1v) is 23.8. The fraction of sp³-hybridized carbons (Fsp3) is 0.936. The van der Waals surface area contributed by atoms with Crippen molar-refractivity contribution in [1.29, 1.82) is 0 Å². The highest BCUT2D eigenvalue weighted by atomic mass is 16.5. The van der Waals surface area contributed by atoms with Crippen molar-refractivity contribution in [1.82, 2.24) is 20.4 Å². The summed E-state index contributed by atoms with van der Waals surface area (Å²) in [6.07, 6.45) is 33.1. The van der Waals surface area contributed by atoms with Crippen LogP contribution in [0.5, 0.6) is 0 Å². The molecule has 1 saturated heterocycles. The Hall–Kier alpha value is -1.67. The van der Waals surface area contributed by atoms with E-state index in [9.17, 15) is 14.4 Å². The molecule has 8 nitrogen and oxygen atoms in total. The molecule has 1 heterocycles. The van der Waals surface area contributed by atoms with Gasteiger partial charge in [0.15, 0.2) is 5.54 Å². The van der Waals surface area contributed by atoms with Gasteiger partial charge in [-0.2, -0.15) is 0 Å². The van der Waals surface area contributed by atoms with Gasteiger partial charge in [0.2, 0.25) is 11.8 Å². The van der Waals surface area contributed by atoms with Gasteiger partial charge in [-0.15, -0.1) is 0 Å². The maximum atomic E-state index is 14.0. The smallest absolute Gasteiger partial charge is 0.250 e. The second kappa shape index (κ2) is 34.4. The summed E-state index contributed by atoms with van der Waals surface area (Å²) in [6, 6.07) is 0. The van der Waals surface area contributed by atoms with Gasteiger partial charge >= 0.3 is 0 Å². The van der Waals surface area contributed by atoms with Gasteiger partial charge in [-0.3, -0.25) is 14.4 Å². The van der Waals surface area contributed by atoms with Crippen LogP contribution in [-0.2, 0) is 19.1 Å². The Labute approximate surface area is 341 Å². The summed E-state index contributed by atoms with van der Waals surface area (Å²) in [4.78, 5) is 45.2. The minimum Gasteiger partial charge on any atom is -0.375 e. The molecule has 1 aliphatic rings. The molecule has 0 aromatic heterocycles. The van der Waals surface area contributed by atoms with E-state index in [1.807, 2.05) is 19.0 Å². The molecule has 1 rings (SSSR count). The van der Waals surface area contributed by atoms with Crippen molar-refractivity contribution < 1.29 is 19.1 Å². The number of carbonyl (C=O) groups excluding carboxylic acids is 3. The lowest BCUT2D eigenvalue weighted by Crippen LogP contribution is -2.71. The van der Waals surface area contributed by atoms with Crippen molar-refractivity contribution in [2.45, 2.75) is 219 Å². The Bertz CT molecular complexity index is 940. The van der Waals surface area contributed by atoms with E-state index in [2.05, 4.69) is 43.2 Å². The lowest BCUT2D eigenvalue weighted by atomic mass is 9.90. The summed E-state index contributed by atoms with van der Waals surface area (Å²) < 4.78 is 5.70. The number of carbonyl (C=O) groups is 3. The molecule has 2 atom stereocenters. The van der Waals surface area contributed by atoms with Crippen LogP contribution in [0.1, 0.15) is 214 Å². The van der Waals surface area contributed by atoms with Crippen LogP contribution in [0.25, 0.3) is 0 Å². The number of amides is 3. The maximum Gasteiger partial charge on any atom is 0.250 e. The van der Waals surface area contributed by atoms with Crippen molar-refractivity contribution in [3.8, 4) is 0 Å². The second-order valence-electron chi connectivity index (χ2n) is 17.4. The Morgan fingerprint density at radius 1 is 0.564 bits per heavy atom. The first kappa shape index (κ1) is 51.3. The zero-order valence-electron chi connectivity index (χ0n) is 37.4. The molecule has 0 radical (unpaired) electrons. The highest BCUT2D eigenvalue weighted by molar-refractivity contribution is 5.92. The predicted octanol–water partition coefficient (Wildman–Crippen LogP) is 11.0. The average Bonchev–Trinajstić information content (AvgIpc) is 3.15. The van der Waals surface area contributed by atoms with Crippen molar-refractivity contribution >= 4 is 17.7 Å². The monoisotopic (exact) mass is 777 g/mol. The third-order valence-corrected chi connectivity index (χ3v) is 11.9. The van der Waals surface area contributed by atoms with Crippen molar-refractivity contribution in [3.63, 3.8) is 0 Å². The van der Waals surface area contributed by atoms with Gasteiger partial charge < -0.3 is 25.2 Å². The van der Waals surface area contributed by atoms with E-state index in [1.165, 1.54) is 116 Å². The standard InChI is InChI=1S/C47H92N4O4/c1-7-11-15-19-21-25-32-42(31-24-17-13-9-3)39-49-46(54)47(40-55-41-47)51(38-30-37-50(5)6)44(52)35-28-23-29-36-48-45(53)43(33-26-18-14-10-4)34-27-22-20-16-12-8-2/h42-43H,7-41H2,1-6H3,(H,48,53)(H,49,54). The molecule has 1 aliphatic heterocycles. The number of hydrogen-bond donors (Lipinski definition) is 2. The van der Waals surface area contributed by atoms with Crippen molar-refractivity contribution in [2.75, 3.05) is 53.5 Å². The molecule has 0 bridgehead atoms. The van der Waals surface area contributed by atoms with Gasteiger partial charge in [0.1, 0.15) is 0 Å². The van der Waals surface area contributed by atoms with Gasteiger partial charge in [0.25, 0.3) is 5.91 Å². The highest BCUT2D eigenvalue weighted by Crippen LogP contribution is 2.28. The maximum absolute atomic E-state index is 14.0. The number of nitrogens with zero attached hydrogens (tertiary/aromatic N) is 2. The van der Waals surface area contributed by atoms with Gasteiger partial charge in [-0.1, -0.05) is 163 Å². The summed E-state index contributed by atoms with van der Waals surface area (Å²) in [5, 5.41) is 6.59. The van der Waals surface area contributed by atoms with Crippen LogP contribution in [0.2, 0.25) is 0 Å². The molecule has 0 aliphatic carbocycles. The molecule has 2 unspecified atom stereocenters. The van der Waals surface area contributed by atoms with E-state index in [-0.39, 0.29) is 36.9 Å². The number of unbranched alkanes of at least 4 members (excludes halogenated alkanes) is 18. The first-order chi connectivity index (χ1) is 26.7. The lowest BCUT2D eigenvalue weighted by Gasteiger charge is -2.48. The SMILES string of the molecule is CCCCCCCCC(CCCCCC)CNC(=O)C1(N(CCCN(C)C)C(=O)CCCCCNC(=O)C(CCCCCC)CCCCCCCC)COC1. The molecule has 0 aromatic rings. The van der Waals surface area contributed by atoms with Crippen LogP contribution in [0.3, 0.4) is 0 Å². The predicted molar refractivity (Wildman–Crippen MR) is 233 cm³/mol. The van der Waals surface area contributed by atoms with E-state index >= 15 is 0 Å². The van der Waals surface area contributed by atoms with Gasteiger partial charge in [-0.25, -0.2) is 0 Å². The lowest BCUT2D eigenvalue weighted by molar-refractivity contribution is -0.180. The fourth-order valence-corrected chi connectivity index (χ4v) is 8.11. The molecule has 1 fully saturated rings. The minimum absolute atomic E-state index is 0.0358. The summed E-state index contributed by atoms with van der Waals surface area (Å²) in [6.45, 7) is 12.3. The molecular weight excluding hydrogens is 685 g/mol. The van der Waals surface area contributed by atoms with Gasteiger partial charge in [-0.05, 0) is 71.5 Å². The normalized spacial score (nSPS) is 14.7. The van der Waals surface area contributed by atoms with Gasteiger partial charge in [0, 0.05) is 32.0 Å². The molecule has 2 N–H and O–H groups in total. The Morgan fingerprint density at radius 2 is 1.04 bits per heavy atom.